The molecule has 0 radical (unpaired) electrons. The molecule has 0 unspecified atom stereocenters. The molecule has 0 saturated carbocycles. The summed E-state index contributed by atoms with van der Waals surface area (Å²) in [6, 6.07) is 6.52. The largest absolute Gasteiger partial charge is 0.488 e. The topological polar surface area (TPSA) is 35.5 Å². The minimum atomic E-state index is -4.11. The van der Waals surface area contributed by atoms with E-state index in [9.17, 15) is 22.4 Å². The van der Waals surface area contributed by atoms with E-state index in [1.807, 2.05) is 0 Å². The number of ketones is 1. The second kappa shape index (κ2) is 7.13. The number of carbonyl (C=O) groups is 1. The summed E-state index contributed by atoms with van der Waals surface area (Å²) in [6.45, 7) is 4.50. The van der Waals surface area contributed by atoms with Gasteiger partial charge in [-0.05, 0) is 57.2 Å². The molecule has 2 rings (SSSR count). The van der Waals surface area contributed by atoms with Crippen LogP contribution in [0.25, 0.3) is 0 Å². The average molecular weight is 356 g/mol. The number of ether oxygens (including phenoxy) is 2. The van der Waals surface area contributed by atoms with Crippen LogP contribution in [0.5, 0.6) is 11.5 Å². The first kappa shape index (κ1) is 18.8. The number of benzene rings is 2. The maximum absolute atomic E-state index is 14.2. The van der Waals surface area contributed by atoms with Gasteiger partial charge in [-0.15, -0.1) is 0 Å². The lowest BCUT2D eigenvalue weighted by atomic mass is 10.1. The lowest BCUT2D eigenvalue weighted by molar-refractivity contribution is -0.187. The van der Waals surface area contributed by atoms with E-state index in [0.29, 0.717) is 11.6 Å². The fourth-order valence-corrected chi connectivity index (χ4v) is 2.06. The van der Waals surface area contributed by atoms with Crippen LogP contribution in [-0.2, 0) is 6.11 Å². The van der Waals surface area contributed by atoms with Crippen molar-refractivity contribution >= 4 is 5.78 Å². The Morgan fingerprint density at radius 1 is 1.00 bits per heavy atom. The molecule has 0 amide bonds. The zero-order valence-electron chi connectivity index (χ0n) is 13.8. The molecule has 0 aliphatic rings. The molecule has 134 valence electrons. The van der Waals surface area contributed by atoms with Crippen LogP contribution in [-0.4, -0.2) is 11.9 Å². The zero-order valence-corrected chi connectivity index (χ0v) is 13.8. The predicted octanol–water partition coefficient (Wildman–Crippen LogP) is 5.08. The highest BCUT2D eigenvalue weighted by atomic mass is 19.3. The molecule has 0 atom stereocenters. The Morgan fingerprint density at radius 2 is 1.60 bits per heavy atom. The number of alkyl halides is 2. The molecule has 0 aromatic heterocycles. The van der Waals surface area contributed by atoms with Gasteiger partial charge < -0.3 is 9.47 Å². The minimum absolute atomic E-state index is 0.243. The van der Waals surface area contributed by atoms with E-state index in [2.05, 4.69) is 4.74 Å². The summed E-state index contributed by atoms with van der Waals surface area (Å²) in [5.74, 6) is -4.26. The van der Waals surface area contributed by atoms with E-state index in [1.54, 1.807) is 13.8 Å². The first-order valence-corrected chi connectivity index (χ1v) is 7.44. The molecular formula is C18H16F4O3. The van der Waals surface area contributed by atoms with Crippen molar-refractivity contribution in [2.45, 2.75) is 33.0 Å². The number of carbonyl (C=O) groups excluding carboxylic acids is 1. The summed E-state index contributed by atoms with van der Waals surface area (Å²) >= 11 is 0. The van der Waals surface area contributed by atoms with E-state index < -0.39 is 35.2 Å². The quantitative estimate of drug-likeness (QED) is 0.535. The molecule has 0 aliphatic heterocycles. The van der Waals surface area contributed by atoms with Crippen LogP contribution in [0, 0.1) is 11.6 Å². The molecule has 7 heteroatoms. The van der Waals surface area contributed by atoms with Crippen molar-refractivity contribution in [1.29, 1.82) is 0 Å². The Bertz CT molecular complexity index is 771. The molecule has 25 heavy (non-hydrogen) atoms. The lowest BCUT2D eigenvalue weighted by Crippen LogP contribution is -2.24. The lowest BCUT2D eigenvalue weighted by Gasteiger charge is -2.20. The van der Waals surface area contributed by atoms with Crippen molar-refractivity contribution in [2.75, 3.05) is 0 Å². The summed E-state index contributed by atoms with van der Waals surface area (Å²) in [6.07, 6.45) is -4.56. The number of rotatable bonds is 6. The van der Waals surface area contributed by atoms with E-state index in [4.69, 9.17) is 4.74 Å². The molecule has 0 saturated heterocycles. The van der Waals surface area contributed by atoms with Crippen LogP contribution in [0.3, 0.4) is 0 Å². The van der Waals surface area contributed by atoms with Crippen LogP contribution in [0.4, 0.5) is 17.6 Å². The summed E-state index contributed by atoms with van der Waals surface area (Å²) < 4.78 is 65.8. The molecule has 0 heterocycles. The van der Waals surface area contributed by atoms with E-state index in [1.165, 1.54) is 19.1 Å². The first-order valence-electron chi connectivity index (χ1n) is 7.44. The third-order valence-electron chi connectivity index (χ3n) is 3.23. The van der Waals surface area contributed by atoms with Gasteiger partial charge in [0.25, 0.3) is 0 Å². The van der Waals surface area contributed by atoms with Crippen molar-refractivity contribution in [3.63, 3.8) is 0 Å². The van der Waals surface area contributed by atoms with Crippen molar-refractivity contribution in [1.82, 2.24) is 0 Å². The Kier molecular flexibility index (Phi) is 5.35. The van der Waals surface area contributed by atoms with Gasteiger partial charge in [0.2, 0.25) is 5.82 Å². The Labute approximate surface area is 142 Å². The molecule has 3 nitrogen and oxygen atoms in total. The highest BCUT2D eigenvalue weighted by Gasteiger charge is 2.39. The normalized spacial score (nSPS) is 11.5. The molecule has 0 spiro atoms. The van der Waals surface area contributed by atoms with Gasteiger partial charge in [0, 0.05) is 5.56 Å². The number of halogens is 4. The fraction of sp³-hybridized carbons (Fsp3) is 0.278. The monoisotopic (exact) mass is 356 g/mol. The Hall–Kier alpha value is -2.57. The van der Waals surface area contributed by atoms with Gasteiger partial charge in [-0.3, -0.25) is 4.79 Å². The second-order valence-electron chi connectivity index (χ2n) is 5.61. The summed E-state index contributed by atoms with van der Waals surface area (Å²) in [5, 5.41) is 0. The second-order valence-corrected chi connectivity index (χ2v) is 5.61. The molecule has 0 bridgehead atoms. The van der Waals surface area contributed by atoms with Crippen molar-refractivity contribution in [2.24, 2.45) is 0 Å². The fourth-order valence-electron chi connectivity index (χ4n) is 2.06. The highest BCUT2D eigenvalue weighted by molar-refractivity contribution is 5.94. The SMILES string of the molecule is CC(=O)c1ccc(OC(F)(F)c2ccc(OC(C)C)c(F)c2F)cc1. The molecule has 0 N–H and O–H groups in total. The van der Waals surface area contributed by atoms with E-state index in [-0.39, 0.29) is 11.5 Å². The summed E-state index contributed by atoms with van der Waals surface area (Å²) in [4.78, 5) is 11.2. The van der Waals surface area contributed by atoms with Crippen molar-refractivity contribution in [3.05, 3.63) is 59.2 Å². The van der Waals surface area contributed by atoms with Crippen LogP contribution in [0.2, 0.25) is 0 Å². The molecular weight excluding hydrogens is 340 g/mol. The summed E-state index contributed by atoms with van der Waals surface area (Å²) in [5.41, 5.74) is -0.945. The van der Waals surface area contributed by atoms with Gasteiger partial charge in [0.05, 0.1) is 6.10 Å². The molecule has 2 aromatic rings. The molecule has 2 aromatic carbocycles. The molecule has 0 fully saturated rings. The predicted molar refractivity (Wildman–Crippen MR) is 83.1 cm³/mol. The maximum atomic E-state index is 14.2. The van der Waals surface area contributed by atoms with Gasteiger partial charge in [0.15, 0.2) is 17.3 Å². The van der Waals surface area contributed by atoms with Gasteiger partial charge >= 0.3 is 6.11 Å². The number of Topliss-reactive ketones (excluding diaryl/α,β-unsaturated/α-hetero) is 1. The van der Waals surface area contributed by atoms with E-state index in [0.717, 1.165) is 18.2 Å². The van der Waals surface area contributed by atoms with Crippen LogP contribution in [0.1, 0.15) is 36.7 Å². The van der Waals surface area contributed by atoms with Crippen LogP contribution < -0.4 is 9.47 Å². The van der Waals surface area contributed by atoms with Crippen molar-refractivity contribution in [3.8, 4) is 11.5 Å². The first-order chi connectivity index (χ1) is 11.6. The third-order valence-corrected chi connectivity index (χ3v) is 3.23. The highest BCUT2D eigenvalue weighted by Crippen LogP contribution is 2.36. The van der Waals surface area contributed by atoms with Gasteiger partial charge in [-0.1, -0.05) is 0 Å². The maximum Gasteiger partial charge on any atom is 0.429 e. The Balaban J connectivity index is 2.29. The standard InChI is InChI=1S/C18H16F4O3/c1-10(2)24-15-9-8-14(16(19)17(15)20)18(21,22)25-13-6-4-12(5-7-13)11(3)23/h4-10H,1-3H3. The van der Waals surface area contributed by atoms with Crippen molar-refractivity contribution < 1.29 is 31.8 Å². The van der Waals surface area contributed by atoms with Gasteiger partial charge in [-0.2, -0.15) is 13.2 Å². The van der Waals surface area contributed by atoms with Crippen LogP contribution in [0.15, 0.2) is 36.4 Å². The smallest absolute Gasteiger partial charge is 0.429 e. The zero-order chi connectivity index (χ0) is 18.8. The number of hydrogen-bond donors (Lipinski definition) is 0. The Morgan fingerprint density at radius 3 is 2.12 bits per heavy atom. The van der Waals surface area contributed by atoms with Gasteiger partial charge in [-0.25, -0.2) is 4.39 Å². The summed E-state index contributed by atoms with van der Waals surface area (Å²) in [7, 11) is 0. The van der Waals surface area contributed by atoms with Crippen LogP contribution >= 0.6 is 0 Å². The third kappa shape index (κ3) is 4.29. The van der Waals surface area contributed by atoms with Gasteiger partial charge in [0.1, 0.15) is 11.3 Å². The minimum Gasteiger partial charge on any atom is -0.488 e. The van der Waals surface area contributed by atoms with E-state index >= 15 is 0 Å². The average Bonchev–Trinajstić information content (AvgIpc) is 2.51. The number of hydrogen-bond acceptors (Lipinski definition) is 3. The molecule has 0 aliphatic carbocycles.